The zero-order chi connectivity index (χ0) is 21.8. The third-order valence-electron chi connectivity index (χ3n) is 4.89. The van der Waals surface area contributed by atoms with E-state index in [1.165, 1.54) is 22.3 Å². The van der Waals surface area contributed by atoms with Crippen LogP contribution in [-0.4, -0.2) is 43.2 Å². The van der Waals surface area contributed by atoms with Crippen LogP contribution in [0.5, 0.6) is 5.75 Å². The van der Waals surface area contributed by atoms with Crippen LogP contribution in [0.4, 0.5) is 0 Å². The average molecular weight is 426 g/mol. The summed E-state index contributed by atoms with van der Waals surface area (Å²) in [6.07, 6.45) is 6.28. The molecule has 2 aromatic rings. The highest BCUT2D eigenvalue weighted by molar-refractivity contribution is 5.84. The Morgan fingerprint density at radius 1 is 1.06 bits per heavy atom. The number of nitrogens with zero attached hydrogens (tertiary/aromatic N) is 1. The quantitative estimate of drug-likeness (QED) is 0.460. The van der Waals surface area contributed by atoms with Gasteiger partial charge in [0.05, 0.1) is 0 Å². The molecule has 0 saturated carbocycles. The van der Waals surface area contributed by atoms with Crippen LogP contribution in [0.2, 0.25) is 0 Å². The molecule has 5 heteroatoms. The molecule has 170 valence electrons. The molecule has 0 spiro atoms. The SMILES string of the molecule is CN(C)CC/C=C1\c2ccccc2COc2ccccc21.NCCCCCC(=O)O.[CH3-]. The molecular formula is C26H37N2O3-. The average Bonchev–Trinajstić information content (AvgIpc) is 2.89. The van der Waals surface area contributed by atoms with Gasteiger partial charge < -0.3 is 27.9 Å². The van der Waals surface area contributed by atoms with Crippen molar-refractivity contribution in [3.63, 3.8) is 0 Å². The Bertz CT molecular complexity index is 781. The number of carboxylic acids is 1. The smallest absolute Gasteiger partial charge is 0.303 e. The lowest BCUT2D eigenvalue weighted by Crippen LogP contribution is -2.12. The first kappa shape index (κ1) is 26.4. The molecule has 5 nitrogen and oxygen atoms in total. The minimum atomic E-state index is -0.716. The lowest BCUT2D eigenvalue weighted by molar-refractivity contribution is -0.137. The second-order valence-electron chi connectivity index (χ2n) is 7.64. The van der Waals surface area contributed by atoms with Crippen LogP contribution in [0, 0.1) is 7.43 Å². The van der Waals surface area contributed by atoms with Crippen LogP contribution in [-0.2, 0) is 11.4 Å². The van der Waals surface area contributed by atoms with Gasteiger partial charge in [-0.05, 0) is 62.7 Å². The van der Waals surface area contributed by atoms with Crippen molar-refractivity contribution in [3.8, 4) is 5.75 Å². The molecular weight excluding hydrogens is 388 g/mol. The first-order chi connectivity index (χ1) is 14.5. The fourth-order valence-corrected chi connectivity index (χ4v) is 3.31. The third-order valence-corrected chi connectivity index (χ3v) is 4.89. The number of hydrogen-bond acceptors (Lipinski definition) is 4. The van der Waals surface area contributed by atoms with E-state index in [0.717, 1.165) is 38.0 Å². The van der Waals surface area contributed by atoms with E-state index < -0.39 is 5.97 Å². The second kappa shape index (κ2) is 14.4. The number of benzene rings is 2. The van der Waals surface area contributed by atoms with Gasteiger partial charge in [0.2, 0.25) is 0 Å². The fourth-order valence-electron chi connectivity index (χ4n) is 3.31. The van der Waals surface area contributed by atoms with Crippen LogP contribution in [0.25, 0.3) is 5.57 Å². The lowest BCUT2D eigenvalue weighted by atomic mass is 9.93. The Morgan fingerprint density at radius 2 is 1.74 bits per heavy atom. The van der Waals surface area contributed by atoms with Gasteiger partial charge in [0.15, 0.2) is 0 Å². The maximum atomic E-state index is 9.93. The number of carboxylic acid groups (broad SMARTS) is 1. The zero-order valence-corrected chi connectivity index (χ0v) is 19.1. The molecule has 1 heterocycles. The highest BCUT2D eigenvalue weighted by Crippen LogP contribution is 2.36. The molecule has 3 N–H and O–H groups in total. The molecule has 0 aliphatic carbocycles. The molecule has 1 aliphatic heterocycles. The van der Waals surface area contributed by atoms with E-state index in [0.29, 0.717) is 13.2 Å². The van der Waals surface area contributed by atoms with E-state index >= 15 is 0 Å². The largest absolute Gasteiger partial charge is 0.488 e. The number of rotatable bonds is 8. The molecule has 0 amide bonds. The number of para-hydroxylation sites is 1. The van der Waals surface area contributed by atoms with Crippen molar-refractivity contribution in [2.45, 2.75) is 38.7 Å². The van der Waals surface area contributed by atoms with E-state index in [1.54, 1.807) is 0 Å². The van der Waals surface area contributed by atoms with Crippen LogP contribution in [0.3, 0.4) is 0 Å². The van der Waals surface area contributed by atoms with Crippen LogP contribution in [0.15, 0.2) is 54.6 Å². The molecule has 0 fully saturated rings. The maximum absolute atomic E-state index is 9.93. The Kier molecular flexibility index (Phi) is 12.3. The topological polar surface area (TPSA) is 75.8 Å². The van der Waals surface area contributed by atoms with Crippen molar-refractivity contribution < 1.29 is 14.6 Å². The summed E-state index contributed by atoms with van der Waals surface area (Å²) in [6.45, 7) is 2.35. The van der Waals surface area contributed by atoms with Crippen molar-refractivity contribution >= 4 is 11.5 Å². The summed E-state index contributed by atoms with van der Waals surface area (Å²) in [5.41, 5.74) is 10.2. The van der Waals surface area contributed by atoms with Gasteiger partial charge in [-0.25, -0.2) is 0 Å². The van der Waals surface area contributed by atoms with E-state index in [9.17, 15) is 4.79 Å². The molecule has 3 rings (SSSR count). The van der Waals surface area contributed by atoms with Gasteiger partial charge in [-0.15, -0.1) is 0 Å². The van der Waals surface area contributed by atoms with Gasteiger partial charge in [-0.3, -0.25) is 4.79 Å². The predicted octanol–water partition coefficient (Wildman–Crippen LogP) is 5.00. The monoisotopic (exact) mass is 425 g/mol. The maximum Gasteiger partial charge on any atom is 0.303 e. The molecule has 1 aliphatic rings. The number of hydrogen-bond donors (Lipinski definition) is 2. The predicted molar refractivity (Wildman–Crippen MR) is 129 cm³/mol. The van der Waals surface area contributed by atoms with E-state index in [1.807, 2.05) is 6.07 Å². The molecule has 0 unspecified atom stereocenters. The summed E-state index contributed by atoms with van der Waals surface area (Å²) in [7, 11) is 4.22. The number of ether oxygens (including phenoxy) is 1. The molecule has 0 aromatic heterocycles. The first-order valence-corrected chi connectivity index (χ1v) is 10.6. The molecule has 2 aromatic carbocycles. The minimum Gasteiger partial charge on any atom is -0.488 e. The Labute approximate surface area is 187 Å². The Balaban J connectivity index is 0.000000413. The number of aliphatic carboxylic acids is 1. The van der Waals surface area contributed by atoms with Gasteiger partial charge in [-0.1, -0.05) is 55.0 Å². The molecule has 0 atom stereocenters. The summed E-state index contributed by atoms with van der Waals surface area (Å²) in [6, 6.07) is 16.9. The minimum absolute atomic E-state index is 0. The first-order valence-electron chi connectivity index (χ1n) is 10.6. The van der Waals surface area contributed by atoms with Gasteiger partial charge >= 0.3 is 5.97 Å². The highest BCUT2D eigenvalue weighted by atomic mass is 16.5. The highest BCUT2D eigenvalue weighted by Gasteiger charge is 2.17. The summed E-state index contributed by atoms with van der Waals surface area (Å²) in [5.74, 6) is 0.261. The Hall–Kier alpha value is -2.63. The number of carbonyl (C=O) groups is 1. The van der Waals surface area contributed by atoms with Crippen LogP contribution in [0.1, 0.15) is 48.8 Å². The van der Waals surface area contributed by atoms with Crippen molar-refractivity contribution in [3.05, 3.63) is 78.7 Å². The van der Waals surface area contributed by atoms with Gasteiger partial charge in [0.1, 0.15) is 12.4 Å². The summed E-state index contributed by atoms with van der Waals surface area (Å²) in [4.78, 5) is 12.1. The lowest BCUT2D eigenvalue weighted by Gasteiger charge is -2.12. The van der Waals surface area contributed by atoms with E-state index in [4.69, 9.17) is 15.6 Å². The molecule has 0 radical (unpaired) electrons. The van der Waals surface area contributed by atoms with Gasteiger partial charge in [0, 0.05) is 18.5 Å². The third kappa shape index (κ3) is 8.95. The number of nitrogens with two attached hydrogens (primary N) is 1. The summed E-state index contributed by atoms with van der Waals surface area (Å²) in [5, 5.41) is 8.18. The summed E-state index contributed by atoms with van der Waals surface area (Å²) < 4.78 is 5.98. The normalized spacial score (nSPS) is 13.1. The molecule has 31 heavy (non-hydrogen) atoms. The van der Waals surface area contributed by atoms with E-state index in [2.05, 4.69) is 67.5 Å². The Morgan fingerprint density at radius 3 is 2.42 bits per heavy atom. The molecule has 0 saturated heterocycles. The van der Waals surface area contributed by atoms with Crippen molar-refractivity contribution in [1.29, 1.82) is 0 Å². The number of unbranched alkanes of at least 4 members (excludes halogenated alkanes) is 2. The fraction of sp³-hybridized carbons (Fsp3) is 0.385. The van der Waals surface area contributed by atoms with Crippen LogP contribution >= 0.6 is 0 Å². The van der Waals surface area contributed by atoms with Crippen LogP contribution < -0.4 is 10.5 Å². The standard InChI is InChI=1S/C19H21NO.C6H13NO2.CH3/c1-20(2)13-7-11-17-16-9-4-3-8-15(16)14-21-19-12-6-5-10-18(17)19;7-5-3-1-2-4-6(8)9;/h3-6,8-12H,7,13-14H2,1-2H3;1-5,7H2,(H,8,9);1H3/q;;-1/b17-11+;;. The molecule has 0 bridgehead atoms. The van der Waals surface area contributed by atoms with Gasteiger partial charge in [0.25, 0.3) is 0 Å². The van der Waals surface area contributed by atoms with Crippen molar-refractivity contribution in [2.24, 2.45) is 5.73 Å². The van der Waals surface area contributed by atoms with Crippen molar-refractivity contribution in [1.82, 2.24) is 4.90 Å². The second-order valence-corrected chi connectivity index (χ2v) is 7.64. The summed E-state index contributed by atoms with van der Waals surface area (Å²) >= 11 is 0. The zero-order valence-electron chi connectivity index (χ0n) is 19.1. The van der Waals surface area contributed by atoms with Gasteiger partial charge in [-0.2, -0.15) is 0 Å². The van der Waals surface area contributed by atoms with Crippen molar-refractivity contribution in [2.75, 3.05) is 27.2 Å². The number of fused-ring (bicyclic) bond motifs is 2. The van der Waals surface area contributed by atoms with E-state index in [-0.39, 0.29) is 13.8 Å².